The molecule has 0 aliphatic carbocycles. The largest absolute Gasteiger partial charge is 0.379 e. The molecule has 4 aromatic rings. The monoisotopic (exact) mass is 842 g/mol. The molecular weight excluding hydrogens is 780 g/mol. The predicted octanol–water partition coefficient (Wildman–Crippen LogP) is 6.21. The molecule has 16 heteroatoms. The molecule has 326 valence electrons. The minimum atomic E-state index is 0.117. The van der Waals surface area contributed by atoms with Crippen LogP contribution in [-0.4, -0.2) is 142 Å². The molecule has 0 fully saturated rings. The van der Waals surface area contributed by atoms with Crippen molar-refractivity contribution in [3.63, 3.8) is 0 Å². The zero-order chi connectivity index (χ0) is 41.6. The van der Waals surface area contributed by atoms with Gasteiger partial charge in [0.05, 0.1) is 105 Å². The molecule has 0 aliphatic rings. The third-order valence-corrected chi connectivity index (χ3v) is 9.40. The van der Waals surface area contributed by atoms with Crippen LogP contribution < -0.4 is 0 Å². The van der Waals surface area contributed by atoms with Crippen molar-refractivity contribution in [2.45, 2.75) is 65.3 Å². The third-order valence-electron chi connectivity index (χ3n) is 9.09. The average Bonchev–Trinajstić information content (AvgIpc) is 3.90. The van der Waals surface area contributed by atoms with Crippen LogP contribution in [0.4, 0.5) is 0 Å². The lowest BCUT2D eigenvalue weighted by molar-refractivity contribution is -0.120. The smallest absolute Gasteiger partial charge is 0.205 e. The number of benzene rings is 2. The van der Waals surface area contributed by atoms with Crippen molar-refractivity contribution < 1.29 is 42.7 Å². The molecule has 15 nitrogen and oxygen atoms in total. The highest BCUT2D eigenvalue weighted by Crippen LogP contribution is 2.30. The predicted molar refractivity (Wildman–Crippen MR) is 225 cm³/mol. The van der Waals surface area contributed by atoms with E-state index in [1.165, 1.54) is 0 Å². The molecule has 0 bridgehead atoms. The van der Waals surface area contributed by atoms with Crippen LogP contribution in [0.5, 0.6) is 0 Å². The summed E-state index contributed by atoms with van der Waals surface area (Å²) in [5, 5.41) is 15.0. The van der Waals surface area contributed by atoms with E-state index in [9.17, 15) is 4.79 Å². The standard InChI is InChI=1S/C43H63ClN6O9/c1-3-5-10-41-45-42(44)40(50(41)34-35-11-13-36(14-12-35)38-8-6-7-9-39(38)43-46-48-49-47-43)16-15-37(51)17-19-53-21-23-55-25-27-57-29-31-59-33-32-58-30-28-56-26-24-54-22-20-52-18-4-2/h6-9,11-14H,3-5,10,15-34H2,1-2H3,(H,46,47,48,49). The summed E-state index contributed by atoms with van der Waals surface area (Å²) in [6, 6.07) is 16.4. The normalized spacial score (nSPS) is 11.5. The summed E-state index contributed by atoms with van der Waals surface area (Å²) in [7, 11) is 0. The van der Waals surface area contributed by atoms with Crippen molar-refractivity contribution in [1.29, 1.82) is 0 Å². The van der Waals surface area contributed by atoms with Gasteiger partial charge in [-0.25, -0.2) is 4.98 Å². The van der Waals surface area contributed by atoms with Gasteiger partial charge in [-0.15, -0.1) is 10.2 Å². The topological polar surface area (TPSA) is 163 Å². The van der Waals surface area contributed by atoms with Crippen LogP contribution in [0.15, 0.2) is 48.5 Å². The lowest BCUT2D eigenvalue weighted by atomic mass is 9.98. The zero-order valence-electron chi connectivity index (χ0n) is 34.9. The van der Waals surface area contributed by atoms with Gasteiger partial charge in [0.25, 0.3) is 0 Å². The number of aromatic amines is 1. The van der Waals surface area contributed by atoms with Crippen LogP contribution in [0, 0.1) is 0 Å². The highest BCUT2D eigenvalue weighted by atomic mass is 35.5. The maximum Gasteiger partial charge on any atom is 0.205 e. The first-order valence-corrected chi connectivity index (χ1v) is 21.3. The number of aryl methyl sites for hydroxylation is 1. The number of imidazole rings is 1. The van der Waals surface area contributed by atoms with E-state index < -0.39 is 0 Å². The number of nitrogens with zero attached hydrogens (tertiary/aromatic N) is 5. The van der Waals surface area contributed by atoms with Gasteiger partial charge in [0, 0.05) is 38.0 Å². The molecule has 59 heavy (non-hydrogen) atoms. The van der Waals surface area contributed by atoms with E-state index in [0.29, 0.717) is 136 Å². The summed E-state index contributed by atoms with van der Waals surface area (Å²) in [6.07, 6.45) is 5.08. The Balaban J connectivity index is 1.02. The van der Waals surface area contributed by atoms with Gasteiger partial charge in [0.15, 0.2) is 5.15 Å². The number of hydrogen-bond acceptors (Lipinski definition) is 13. The number of ketones is 1. The first-order chi connectivity index (χ1) is 29.1. The molecule has 0 saturated heterocycles. The SMILES string of the molecule is CCCCc1nc(Cl)c(CCC(=O)CCOCCOCCOCCOCCOCCOCCOCCOCCC)n1Cc1ccc(-c2ccccc2-c2nn[nH]n2)cc1. The van der Waals surface area contributed by atoms with Gasteiger partial charge in [-0.1, -0.05) is 80.4 Å². The Morgan fingerprint density at radius 2 is 1.15 bits per heavy atom. The Kier molecular flexibility index (Phi) is 24.7. The minimum Gasteiger partial charge on any atom is -0.379 e. The lowest BCUT2D eigenvalue weighted by Gasteiger charge is -2.13. The zero-order valence-corrected chi connectivity index (χ0v) is 35.6. The van der Waals surface area contributed by atoms with E-state index in [-0.39, 0.29) is 5.78 Å². The van der Waals surface area contributed by atoms with Crippen LogP contribution in [0.25, 0.3) is 22.5 Å². The van der Waals surface area contributed by atoms with Gasteiger partial charge in [-0.05, 0) is 41.2 Å². The van der Waals surface area contributed by atoms with Crippen LogP contribution in [-0.2, 0) is 62.1 Å². The Hall–Kier alpha value is -3.64. The van der Waals surface area contributed by atoms with Gasteiger partial charge in [-0.3, -0.25) is 4.79 Å². The number of carbonyl (C=O) groups is 1. The first-order valence-electron chi connectivity index (χ1n) is 20.9. The number of tetrazole rings is 1. The van der Waals surface area contributed by atoms with Crippen molar-refractivity contribution in [3.05, 3.63) is 70.8 Å². The fourth-order valence-electron chi connectivity index (χ4n) is 5.99. The van der Waals surface area contributed by atoms with E-state index in [4.69, 9.17) is 54.5 Å². The van der Waals surface area contributed by atoms with Gasteiger partial charge in [0.2, 0.25) is 5.82 Å². The van der Waals surface area contributed by atoms with E-state index >= 15 is 0 Å². The van der Waals surface area contributed by atoms with Gasteiger partial charge < -0.3 is 42.5 Å². The summed E-state index contributed by atoms with van der Waals surface area (Å²) in [5.41, 5.74) is 4.97. The number of ether oxygens (including phenoxy) is 8. The average molecular weight is 843 g/mol. The molecule has 1 N–H and O–H groups in total. The van der Waals surface area contributed by atoms with Crippen molar-refractivity contribution >= 4 is 17.4 Å². The van der Waals surface area contributed by atoms with Gasteiger partial charge in [0.1, 0.15) is 11.6 Å². The molecule has 2 aromatic heterocycles. The molecule has 4 rings (SSSR count). The summed E-state index contributed by atoms with van der Waals surface area (Å²) < 4.78 is 46.2. The molecule has 0 spiro atoms. The van der Waals surface area contributed by atoms with Gasteiger partial charge >= 0.3 is 0 Å². The molecule has 0 unspecified atom stereocenters. The maximum absolute atomic E-state index is 12.8. The molecule has 0 radical (unpaired) electrons. The number of rotatable bonds is 36. The molecule has 2 heterocycles. The van der Waals surface area contributed by atoms with Crippen LogP contribution in [0.1, 0.15) is 63.0 Å². The van der Waals surface area contributed by atoms with Crippen molar-refractivity contribution in [1.82, 2.24) is 30.2 Å². The fourth-order valence-corrected chi connectivity index (χ4v) is 6.28. The second-order valence-electron chi connectivity index (χ2n) is 13.6. The summed E-state index contributed by atoms with van der Waals surface area (Å²) >= 11 is 6.70. The van der Waals surface area contributed by atoms with E-state index in [1.807, 2.05) is 18.2 Å². The highest BCUT2D eigenvalue weighted by molar-refractivity contribution is 6.30. The molecular formula is C43H63ClN6O9. The first kappa shape index (κ1) is 48.0. The summed E-state index contributed by atoms with van der Waals surface area (Å²) in [5.74, 6) is 1.61. The van der Waals surface area contributed by atoms with Crippen molar-refractivity contribution in [2.24, 2.45) is 0 Å². The van der Waals surface area contributed by atoms with E-state index in [1.54, 1.807) is 0 Å². The number of Topliss-reactive ketones (excluding diaryl/α,β-unsaturated/α-hetero) is 1. The molecule has 0 saturated carbocycles. The minimum absolute atomic E-state index is 0.117. The lowest BCUT2D eigenvalue weighted by Crippen LogP contribution is -2.15. The fraction of sp³-hybridized carbons (Fsp3) is 0.605. The Labute approximate surface area is 353 Å². The number of nitrogens with one attached hydrogen (secondary N) is 1. The van der Waals surface area contributed by atoms with Crippen LogP contribution in [0.3, 0.4) is 0 Å². The van der Waals surface area contributed by atoms with Gasteiger partial charge in [-0.2, -0.15) is 5.21 Å². The number of H-pyrrole nitrogens is 1. The third kappa shape index (κ3) is 19.1. The van der Waals surface area contributed by atoms with E-state index in [2.05, 4.69) is 69.4 Å². The molecule has 0 aliphatic heterocycles. The van der Waals surface area contributed by atoms with Crippen LogP contribution >= 0.6 is 11.6 Å². The van der Waals surface area contributed by atoms with Crippen LogP contribution in [0.2, 0.25) is 5.15 Å². The van der Waals surface area contributed by atoms with Crippen molar-refractivity contribution in [3.8, 4) is 22.5 Å². The molecule has 0 amide bonds. The second kappa shape index (κ2) is 30.4. The second-order valence-corrected chi connectivity index (χ2v) is 14.0. The summed E-state index contributed by atoms with van der Waals surface area (Å²) in [4.78, 5) is 17.6. The number of carbonyl (C=O) groups excluding carboxylic acids is 1. The number of aromatic nitrogens is 6. The number of hydrogen-bond donors (Lipinski definition) is 1. The number of halogens is 1. The Morgan fingerprint density at radius 1 is 0.627 bits per heavy atom. The van der Waals surface area contributed by atoms with E-state index in [0.717, 1.165) is 66.1 Å². The molecule has 2 aromatic carbocycles. The Bertz CT molecular complexity index is 1680. The maximum atomic E-state index is 12.8. The highest BCUT2D eigenvalue weighted by Gasteiger charge is 2.18. The quantitative estimate of drug-likeness (QED) is 0.0515. The number of unbranched alkanes of at least 4 members (excludes halogenated alkanes) is 1. The van der Waals surface area contributed by atoms with Crippen molar-refractivity contribution in [2.75, 3.05) is 106 Å². The molecule has 0 atom stereocenters. The summed E-state index contributed by atoms with van der Waals surface area (Å²) in [6.45, 7) is 13.0. The Morgan fingerprint density at radius 3 is 1.66 bits per heavy atom.